The van der Waals surface area contributed by atoms with Crippen molar-refractivity contribution in [3.05, 3.63) is 34.9 Å². The molecule has 0 fully saturated rings. The molecule has 7 heteroatoms. The summed E-state index contributed by atoms with van der Waals surface area (Å²) in [4.78, 5) is 34.8. The summed E-state index contributed by atoms with van der Waals surface area (Å²) in [5.41, 5.74) is 2.04. The van der Waals surface area contributed by atoms with Gasteiger partial charge in [-0.05, 0) is 37.8 Å². The van der Waals surface area contributed by atoms with Crippen LogP contribution in [0.25, 0.3) is 11.3 Å². The van der Waals surface area contributed by atoms with Gasteiger partial charge in [0.1, 0.15) is 0 Å². The SMILES string of the molecule is CCCN(CCC)C(=O)CCCC(=O)NCCCc1nc(-c2ccncc2)cs1. The summed E-state index contributed by atoms with van der Waals surface area (Å²) in [5, 5.41) is 6.08. The third-order valence-corrected chi connectivity index (χ3v) is 5.46. The number of nitrogens with zero attached hydrogens (tertiary/aromatic N) is 3. The minimum absolute atomic E-state index is 0.0203. The van der Waals surface area contributed by atoms with Crippen molar-refractivity contribution in [1.82, 2.24) is 20.2 Å². The molecule has 0 unspecified atom stereocenters. The van der Waals surface area contributed by atoms with Crippen LogP contribution in [0.1, 0.15) is 57.4 Å². The van der Waals surface area contributed by atoms with Crippen LogP contribution in [-0.4, -0.2) is 46.3 Å². The van der Waals surface area contributed by atoms with E-state index in [0.29, 0.717) is 25.8 Å². The van der Waals surface area contributed by atoms with Gasteiger partial charge in [0.25, 0.3) is 0 Å². The molecule has 2 aromatic heterocycles. The van der Waals surface area contributed by atoms with E-state index in [1.807, 2.05) is 17.0 Å². The van der Waals surface area contributed by atoms with E-state index in [4.69, 9.17) is 0 Å². The van der Waals surface area contributed by atoms with Crippen LogP contribution < -0.4 is 5.32 Å². The lowest BCUT2D eigenvalue weighted by atomic mass is 10.2. The average Bonchev–Trinajstić information content (AvgIpc) is 3.20. The normalized spacial score (nSPS) is 10.7. The van der Waals surface area contributed by atoms with Crippen LogP contribution in [-0.2, 0) is 16.0 Å². The molecule has 0 spiro atoms. The van der Waals surface area contributed by atoms with Crippen molar-refractivity contribution in [3.63, 3.8) is 0 Å². The maximum atomic E-state index is 12.2. The number of nitrogens with one attached hydrogen (secondary N) is 1. The van der Waals surface area contributed by atoms with Crippen LogP contribution in [0.15, 0.2) is 29.9 Å². The van der Waals surface area contributed by atoms with E-state index >= 15 is 0 Å². The van der Waals surface area contributed by atoms with Crippen LogP contribution >= 0.6 is 11.3 Å². The third kappa shape index (κ3) is 8.31. The molecule has 1 N–H and O–H groups in total. The summed E-state index contributed by atoms with van der Waals surface area (Å²) < 4.78 is 0. The Morgan fingerprint density at radius 3 is 2.48 bits per heavy atom. The summed E-state index contributed by atoms with van der Waals surface area (Å²) in [7, 11) is 0. The molecule has 29 heavy (non-hydrogen) atoms. The minimum atomic E-state index is 0.0203. The van der Waals surface area contributed by atoms with Crippen molar-refractivity contribution in [1.29, 1.82) is 0 Å². The maximum absolute atomic E-state index is 12.2. The smallest absolute Gasteiger partial charge is 0.222 e. The zero-order chi connectivity index (χ0) is 20.9. The highest BCUT2D eigenvalue weighted by Gasteiger charge is 2.12. The monoisotopic (exact) mass is 416 g/mol. The maximum Gasteiger partial charge on any atom is 0.222 e. The molecule has 0 aliphatic heterocycles. The van der Waals surface area contributed by atoms with Crippen molar-refractivity contribution in [3.8, 4) is 11.3 Å². The van der Waals surface area contributed by atoms with Crippen LogP contribution in [0, 0.1) is 0 Å². The molecular formula is C22H32N4O2S. The topological polar surface area (TPSA) is 75.2 Å². The van der Waals surface area contributed by atoms with Crippen LogP contribution in [0.3, 0.4) is 0 Å². The Hall–Kier alpha value is -2.28. The van der Waals surface area contributed by atoms with Gasteiger partial charge in [-0.25, -0.2) is 4.98 Å². The van der Waals surface area contributed by atoms with Crippen LogP contribution in [0.5, 0.6) is 0 Å². The first-order valence-corrected chi connectivity index (χ1v) is 11.4. The summed E-state index contributed by atoms with van der Waals surface area (Å²) in [6.07, 6.45) is 8.63. The molecule has 0 aliphatic carbocycles. The van der Waals surface area contributed by atoms with Gasteiger partial charge in [-0.3, -0.25) is 14.6 Å². The van der Waals surface area contributed by atoms with Crippen LogP contribution in [0.2, 0.25) is 0 Å². The molecule has 0 atom stereocenters. The predicted octanol–water partition coefficient (Wildman–Crippen LogP) is 4.07. The number of hydrogen-bond donors (Lipinski definition) is 1. The second kappa shape index (κ2) is 13.0. The molecule has 0 radical (unpaired) electrons. The highest BCUT2D eigenvalue weighted by atomic mass is 32.1. The van der Waals surface area contributed by atoms with E-state index in [-0.39, 0.29) is 11.8 Å². The van der Waals surface area contributed by atoms with Crippen molar-refractivity contribution in [2.45, 2.75) is 58.8 Å². The molecular weight excluding hydrogens is 384 g/mol. The lowest BCUT2D eigenvalue weighted by Crippen LogP contribution is -2.32. The first-order chi connectivity index (χ1) is 14.1. The summed E-state index contributed by atoms with van der Waals surface area (Å²) in [6.45, 7) is 6.40. The molecule has 0 aliphatic rings. The molecule has 0 bridgehead atoms. The number of amides is 2. The van der Waals surface area contributed by atoms with Gasteiger partial charge in [0.2, 0.25) is 11.8 Å². The molecule has 2 amide bonds. The van der Waals surface area contributed by atoms with Gasteiger partial charge >= 0.3 is 0 Å². The van der Waals surface area contributed by atoms with Crippen LogP contribution in [0.4, 0.5) is 0 Å². The number of carbonyl (C=O) groups excluding carboxylic acids is 2. The van der Waals surface area contributed by atoms with Crippen molar-refractivity contribution >= 4 is 23.2 Å². The largest absolute Gasteiger partial charge is 0.356 e. The third-order valence-electron chi connectivity index (χ3n) is 4.55. The Kier molecular flexibility index (Phi) is 10.3. The molecule has 2 heterocycles. The molecule has 158 valence electrons. The molecule has 2 aromatic rings. The van der Waals surface area contributed by atoms with E-state index in [2.05, 4.69) is 34.5 Å². The van der Waals surface area contributed by atoms with E-state index in [1.54, 1.807) is 23.7 Å². The Bertz CT molecular complexity index is 742. The van der Waals surface area contributed by atoms with Gasteiger partial charge in [0.05, 0.1) is 10.7 Å². The van der Waals surface area contributed by atoms with Gasteiger partial charge in [0.15, 0.2) is 0 Å². The highest BCUT2D eigenvalue weighted by molar-refractivity contribution is 7.09. The van der Waals surface area contributed by atoms with Crippen molar-refractivity contribution in [2.75, 3.05) is 19.6 Å². The molecule has 0 saturated carbocycles. The number of rotatable bonds is 13. The van der Waals surface area contributed by atoms with E-state index < -0.39 is 0 Å². The molecule has 6 nitrogen and oxygen atoms in total. The number of thiazole rings is 1. The van der Waals surface area contributed by atoms with Crippen molar-refractivity contribution < 1.29 is 9.59 Å². The summed E-state index contributed by atoms with van der Waals surface area (Å²) >= 11 is 1.64. The van der Waals surface area contributed by atoms with Crippen molar-refractivity contribution in [2.24, 2.45) is 0 Å². The van der Waals surface area contributed by atoms with Gasteiger partial charge in [-0.15, -0.1) is 11.3 Å². The molecule has 2 rings (SSSR count). The Morgan fingerprint density at radius 1 is 1.07 bits per heavy atom. The summed E-state index contributed by atoms with van der Waals surface area (Å²) in [6, 6.07) is 3.90. The zero-order valence-electron chi connectivity index (χ0n) is 17.5. The minimum Gasteiger partial charge on any atom is -0.356 e. The second-order valence-electron chi connectivity index (χ2n) is 7.05. The second-order valence-corrected chi connectivity index (χ2v) is 7.99. The quantitative estimate of drug-likeness (QED) is 0.499. The highest BCUT2D eigenvalue weighted by Crippen LogP contribution is 2.21. The number of carbonyl (C=O) groups is 2. The van der Waals surface area contributed by atoms with Gasteiger partial charge in [-0.2, -0.15) is 0 Å². The fourth-order valence-electron chi connectivity index (χ4n) is 3.10. The number of hydrogen-bond acceptors (Lipinski definition) is 5. The zero-order valence-corrected chi connectivity index (χ0v) is 18.3. The lowest BCUT2D eigenvalue weighted by Gasteiger charge is -2.21. The van der Waals surface area contributed by atoms with Gasteiger partial charge in [-0.1, -0.05) is 13.8 Å². The predicted molar refractivity (Wildman–Crippen MR) is 118 cm³/mol. The van der Waals surface area contributed by atoms with E-state index in [9.17, 15) is 9.59 Å². The van der Waals surface area contributed by atoms with Gasteiger partial charge < -0.3 is 10.2 Å². The van der Waals surface area contributed by atoms with Gasteiger partial charge in [0, 0.05) is 62.2 Å². The average molecular weight is 417 g/mol. The first-order valence-electron chi connectivity index (χ1n) is 10.5. The fraction of sp³-hybridized carbons (Fsp3) is 0.545. The Morgan fingerprint density at radius 2 is 1.79 bits per heavy atom. The number of aryl methyl sites for hydroxylation is 1. The standard InChI is InChI=1S/C22H32N4O2S/c1-3-15-26(16-4-2)22(28)9-5-7-20(27)24-12-6-8-21-25-19(17-29-21)18-10-13-23-14-11-18/h10-11,13-14,17H,3-9,12,15-16H2,1-2H3,(H,24,27). The molecule has 0 aromatic carbocycles. The Balaban J connectivity index is 1.60. The number of aromatic nitrogens is 2. The first kappa shape index (κ1) is 23.0. The van der Waals surface area contributed by atoms with E-state index in [1.165, 1.54) is 0 Å². The molecule has 0 saturated heterocycles. The lowest BCUT2D eigenvalue weighted by molar-refractivity contribution is -0.131. The summed E-state index contributed by atoms with van der Waals surface area (Å²) in [5.74, 6) is 0.183. The number of pyridine rings is 1. The van der Waals surface area contributed by atoms with E-state index in [0.717, 1.165) is 55.0 Å². The fourth-order valence-corrected chi connectivity index (χ4v) is 3.95. The Labute approximate surface area is 177 Å².